The minimum absolute atomic E-state index is 0.0770. The van der Waals surface area contributed by atoms with Crippen molar-refractivity contribution >= 4 is 11.8 Å². The van der Waals surface area contributed by atoms with E-state index >= 15 is 0 Å². The lowest BCUT2D eigenvalue weighted by Crippen LogP contribution is -2.44. The number of benzene rings is 2. The number of halogens is 1. The number of rotatable bonds is 5. The summed E-state index contributed by atoms with van der Waals surface area (Å²) < 4.78 is 14.5. The summed E-state index contributed by atoms with van der Waals surface area (Å²) in [6, 6.07) is 14.2. The maximum absolute atomic E-state index is 14.5. The van der Waals surface area contributed by atoms with Gasteiger partial charge in [-0.25, -0.2) is 4.39 Å². The Morgan fingerprint density at radius 2 is 1.67 bits per heavy atom. The molecule has 2 aliphatic rings. The lowest BCUT2D eigenvalue weighted by atomic mass is 9.78. The van der Waals surface area contributed by atoms with Gasteiger partial charge < -0.3 is 10.6 Å². The van der Waals surface area contributed by atoms with Gasteiger partial charge in [0.05, 0.1) is 5.41 Å². The highest BCUT2D eigenvalue weighted by Crippen LogP contribution is 2.39. The fourth-order valence-electron chi connectivity index (χ4n) is 5.08. The molecule has 4 nitrogen and oxygen atoms in total. The molecule has 2 N–H and O–H groups in total. The predicted molar refractivity (Wildman–Crippen MR) is 115 cm³/mol. The van der Waals surface area contributed by atoms with Gasteiger partial charge in [-0.1, -0.05) is 61.7 Å². The Morgan fingerprint density at radius 3 is 2.37 bits per heavy atom. The highest BCUT2D eigenvalue weighted by atomic mass is 19.1. The van der Waals surface area contributed by atoms with E-state index in [0.29, 0.717) is 31.5 Å². The molecule has 1 atom stereocenters. The van der Waals surface area contributed by atoms with Crippen LogP contribution in [-0.4, -0.2) is 29.8 Å². The summed E-state index contributed by atoms with van der Waals surface area (Å²) in [5.41, 5.74) is 7.24. The molecule has 0 aromatic heterocycles. The molecule has 1 aliphatic carbocycles. The van der Waals surface area contributed by atoms with Crippen molar-refractivity contribution in [2.75, 3.05) is 13.1 Å². The maximum Gasteiger partial charge on any atom is 0.225 e. The molecule has 2 fully saturated rings. The van der Waals surface area contributed by atoms with Crippen molar-refractivity contribution in [1.29, 1.82) is 0 Å². The van der Waals surface area contributed by atoms with Gasteiger partial charge in [-0.3, -0.25) is 9.59 Å². The summed E-state index contributed by atoms with van der Waals surface area (Å²) in [7, 11) is 0. The fraction of sp³-hybridized carbons (Fsp3) is 0.440. The number of nitrogens with two attached hydrogens (primary N) is 1. The van der Waals surface area contributed by atoms with Crippen LogP contribution in [0.15, 0.2) is 48.5 Å². The molecule has 1 saturated carbocycles. The zero-order valence-electron chi connectivity index (χ0n) is 17.3. The number of hydrogen-bond donors (Lipinski definition) is 1. The van der Waals surface area contributed by atoms with Crippen LogP contribution in [-0.2, 0) is 16.0 Å². The molecule has 0 radical (unpaired) electrons. The first-order chi connectivity index (χ1) is 14.5. The minimum Gasteiger partial charge on any atom is -0.369 e. The molecule has 4 rings (SSSR count). The van der Waals surface area contributed by atoms with Crippen LogP contribution in [0.3, 0.4) is 0 Å². The second-order valence-corrected chi connectivity index (χ2v) is 8.80. The SMILES string of the molecule is NC(=O)[C@]1(Cc2ccccc2-c2ccccc2F)CCN(C(=O)C2CCCCC2)C1. The molecule has 1 saturated heterocycles. The van der Waals surface area contributed by atoms with Gasteiger partial charge in [0, 0.05) is 24.6 Å². The monoisotopic (exact) mass is 408 g/mol. The fourth-order valence-corrected chi connectivity index (χ4v) is 5.08. The molecule has 1 heterocycles. The van der Waals surface area contributed by atoms with Crippen LogP contribution in [0.2, 0.25) is 0 Å². The Labute approximate surface area is 177 Å². The first-order valence-electron chi connectivity index (χ1n) is 10.9. The average Bonchev–Trinajstić information content (AvgIpc) is 3.20. The number of hydrogen-bond acceptors (Lipinski definition) is 2. The van der Waals surface area contributed by atoms with Crippen LogP contribution in [0.1, 0.15) is 44.1 Å². The molecule has 2 aromatic carbocycles. The van der Waals surface area contributed by atoms with Crippen molar-refractivity contribution < 1.29 is 14.0 Å². The molecule has 0 unspecified atom stereocenters. The standard InChI is InChI=1S/C25H29FN2O2/c26-22-13-7-6-12-21(22)20-11-5-4-10-19(20)16-25(24(27)30)14-15-28(17-25)23(29)18-8-2-1-3-9-18/h4-7,10-13,18H,1-3,8-9,14-17H2,(H2,27,30)/t25-/m0/s1. The van der Waals surface area contributed by atoms with Gasteiger partial charge in [0.2, 0.25) is 11.8 Å². The number of amides is 2. The Hall–Kier alpha value is -2.69. The van der Waals surface area contributed by atoms with Gasteiger partial charge in [0.1, 0.15) is 5.82 Å². The zero-order chi connectivity index (χ0) is 21.1. The number of carbonyl (C=O) groups is 2. The van der Waals surface area contributed by atoms with Crippen molar-refractivity contribution in [3.8, 4) is 11.1 Å². The summed E-state index contributed by atoms with van der Waals surface area (Å²) in [6.07, 6.45) is 6.22. The quantitative estimate of drug-likeness (QED) is 0.801. The first-order valence-corrected chi connectivity index (χ1v) is 10.9. The lowest BCUT2D eigenvalue weighted by molar-refractivity contribution is -0.136. The Kier molecular flexibility index (Phi) is 5.89. The van der Waals surface area contributed by atoms with Gasteiger partial charge in [-0.15, -0.1) is 0 Å². The smallest absolute Gasteiger partial charge is 0.225 e. The number of carbonyl (C=O) groups excluding carboxylic acids is 2. The second-order valence-electron chi connectivity index (χ2n) is 8.80. The van der Waals surface area contributed by atoms with Crippen molar-refractivity contribution in [3.05, 3.63) is 59.9 Å². The predicted octanol–water partition coefficient (Wildman–Crippen LogP) is 4.32. The largest absolute Gasteiger partial charge is 0.369 e. The molecule has 2 aromatic rings. The number of primary amides is 1. The van der Waals surface area contributed by atoms with Gasteiger partial charge >= 0.3 is 0 Å². The summed E-state index contributed by atoms with van der Waals surface area (Å²) in [5.74, 6) is -0.434. The molecule has 2 amide bonds. The van der Waals surface area contributed by atoms with Crippen molar-refractivity contribution in [2.24, 2.45) is 17.1 Å². The van der Waals surface area contributed by atoms with E-state index in [1.807, 2.05) is 29.2 Å². The summed E-state index contributed by atoms with van der Waals surface area (Å²) >= 11 is 0. The highest BCUT2D eigenvalue weighted by Gasteiger charge is 2.46. The van der Waals surface area contributed by atoms with Gasteiger partial charge in [-0.2, -0.15) is 0 Å². The first kappa shape index (κ1) is 20.6. The van der Waals surface area contributed by atoms with Gasteiger partial charge in [0.25, 0.3) is 0 Å². The van der Waals surface area contributed by atoms with E-state index in [-0.39, 0.29) is 23.5 Å². The summed E-state index contributed by atoms with van der Waals surface area (Å²) in [4.78, 5) is 27.5. The summed E-state index contributed by atoms with van der Waals surface area (Å²) in [5, 5.41) is 0. The minimum atomic E-state index is -0.814. The van der Waals surface area contributed by atoms with E-state index in [0.717, 1.165) is 36.8 Å². The van der Waals surface area contributed by atoms with Crippen LogP contribution in [0.4, 0.5) is 4.39 Å². The molecule has 0 bridgehead atoms. The van der Waals surface area contributed by atoms with Crippen molar-refractivity contribution in [2.45, 2.75) is 44.9 Å². The van der Waals surface area contributed by atoms with Gasteiger partial charge in [0.15, 0.2) is 0 Å². The molecule has 5 heteroatoms. The van der Waals surface area contributed by atoms with Crippen molar-refractivity contribution in [1.82, 2.24) is 4.90 Å². The highest BCUT2D eigenvalue weighted by molar-refractivity contribution is 5.85. The third kappa shape index (κ3) is 3.98. The van der Waals surface area contributed by atoms with E-state index in [2.05, 4.69) is 0 Å². The maximum atomic E-state index is 14.5. The molecular formula is C25H29FN2O2. The van der Waals surface area contributed by atoms with E-state index in [4.69, 9.17) is 5.73 Å². The lowest BCUT2D eigenvalue weighted by Gasteiger charge is -2.29. The second kappa shape index (κ2) is 8.58. The van der Waals surface area contributed by atoms with Crippen LogP contribution in [0.25, 0.3) is 11.1 Å². The number of nitrogens with zero attached hydrogens (tertiary/aromatic N) is 1. The Morgan fingerprint density at radius 1 is 1.00 bits per heavy atom. The Balaban J connectivity index is 1.59. The molecular weight excluding hydrogens is 379 g/mol. The molecule has 0 spiro atoms. The zero-order valence-corrected chi connectivity index (χ0v) is 17.3. The topological polar surface area (TPSA) is 63.4 Å². The molecule has 158 valence electrons. The van der Waals surface area contributed by atoms with Crippen LogP contribution in [0, 0.1) is 17.2 Å². The van der Waals surface area contributed by atoms with E-state index in [1.165, 1.54) is 12.5 Å². The molecule has 1 aliphatic heterocycles. The van der Waals surface area contributed by atoms with Gasteiger partial charge in [-0.05, 0) is 42.9 Å². The average molecular weight is 409 g/mol. The summed E-state index contributed by atoms with van der Waals surface area (Å²) in [6.45, 7) is 0.906. The van der Waals surface area contributed by atoms with E-state index in [9.17, 15) is 14.0 Å². The van der Waals surface area contributed by atoms with E-state index in [1.54, 1.807) is 18.2 Å². The van der Waals surface area contributed by atoms with Crippen LogP contribution < -0.4 is 5.73 Å². The van der Waals surface area contributed by atoms with Crippen LogP contribution >= 0.6 is 0 Å². The van der Waals surface area contributed by atoms with E-state index < -0.39 is 5.41 Å². The Bertz CT molecular complexity index is 938. The third-order valence-electron chi connectivity index (χ3n) is 6.85. The third-order valence-corrected chi connectivity index (χ3v) is 6.85. The van der Waals surface area contributed by atoms with Crippen LogP contribution in [0.5, 0.6) is 0 Å². The normalized spacial score (nSPS) is 22.2. The molecule has 30 heavy (non-hydrogen) atoms. The van der Waals surface area contributed by atoms with Crippen molar-refractivity contribution in [3.63, 3.8) is 0 Å². The number of likely N-dealkylation sites (tertiary alicyclic amines) is 1.